The van der Waals surface area contributed by atoms with Crippen LogP contribution in [0.3, 0.4) is 0 Å². The van der Waals surface area contributed by atoms with Crippen molar-refractivity contribution in [1.29, 1.82) is 0 Å². The maximum absolute atomic E-state index is 14.2. The minimum Gasteiger partial charge on any atom is -0.476 e. The van der Waals surface area contributed by atoms with Crippen molar-refractivity contribution in [3.05, 3.63) is 23.6 Å². The van der Waals surface area contributed by atoms with E-state index in [1.54, 1.807) is 6.92 Å². The first-order valence-corrected chi connectivity index (χ1v) is 6.18. The van der Waals surface area contributed by atoms with Crippen LogP contribution >= 0.6 is 0 Å². The molecular formula is C13H19FN2O2. The molecule has 0 spiro atoms. The van der Waals surface area contributed by atoms with Crippen molar-refractivity contribution >= 4 is 0 Å². The van der Waals surface area contributed by atoms with E-state index in [0.29, 0.717) is 19.6 Å². The van der Waals surface area contributed by atoms with Crippen LogP contribution in [0, 0.1) is 5.82 Å². The molecule has 1 N–H and O–H groups in total. The summed E-state index contributed by atoms with van der Waals surface area (Å²) in [6.07, 6.45) is 1.99. The van der Waals surface area contributed by atoms with E-state index in [-0.39, 0.29) is 17.5 Å². The number of pyridine rings is 1. The summed E-state index contributed by atoms with van der Waals surface area (Å²) in [5.41, 5.74) is -0.885. The molecule has 0 aromatic carbocycles. The summed E-state index contributed by atoms with van der Waals surface area (Å²) in [7, 11) is 1.92. The van der Waals surface area contributed by atoms with Crippen molar-refractivity contribution in [2.75, 3.05) is 20.2 Å². The minimum absolute atomic E-state index is 0.0365. The summed E-state index contributed by atoms with van der Waals surface area (Å²) in [4.78, 5) is 5.86. The number of likely N-dealkylation sites (tertiary alicyclic amines) is 1. The molecule has 2 rings (SSSR count). The number of halogens is 1. The molecule has 100 valence electrons. The van der Waals surface area contributed by atoms with Gasteiger partial charge in [-0.2, -0.15) is 0 Å². The molecule has 1 aromatic rings. The summed E-state index contributed by atoms with van der Waals surface area (Å²) in [5, 5.41) is 10.6. The molecule has 4 nitrogen and oxygen atoms in total. The highest BCUT2D eigenvalue weighted by Gasteiger charge is 2.42. The fourth-order valence-electron chi connectivity index (χ4n) is 2.49. The van der Waals surface area contributed by atoms with Crippen LogP contribution < -0.4 is 4.74 Å². The molecule has 0 radical (unpaired) electrons. The van der Waals surface area contributed by atoms with Crippen LogP contribution in [0.15, 0.2) is 12.3 Å². The number of rotatable bonds is 3. The van der Waals surface area contributed by atoms with E-state index in [0.717, 1.165) is 0 Å². The van der Waals surface area contributed by atoms with Crippen LogP contribution in [-0.2, 0) is 5.60 Å². The van der Waals surface area contributed by atoms with Crippen LogP contribution in [-0.4, -0.2) is 41.2 Å². The molecule has 1 aromatic heterocycles. The van der Waals surface area contributed by atoms with Gasteiger partial charge in [0, 0.05) is 24.3 Å². The van der Waals surface area contributed by atoms with Crippen molar-refractivity contribution in [1.82, 2.24) is 9.88 Å². The first-order valence-electron chi connectivity index (χ1n) is 6.18. The van der Waals surface area contributed by atoms with Gasteiger partial charge in [0.05, 0.1) is 6.61 Å². The van der Waals surface area contributed by atoms with Crippen molar-refractivity contribution in [2.45, 2.75) is 31.9 Å². The highest BCUT2D eigenvalue weighted by Crippen LogP contribution is 2.37. The average molecular weight is 254 g/mol. The van der Waals surface area contributed by atoms with Gasteiger partial charge in [0.1, 0.15) is 5.60 Å². The van der Waals surface area contributed by atoms with E-state index >= 15 is 0 Å². The van der Waals surface area contributed by atoms with Crippen LogP contribution in [0.1, 0.15) is 25.8 Å². The number of likely N-dealkylation sites (N-methyl/N-ethyl adjacent to an activating group) is 1. The number of aromatic nitrogens is 1. The molecule has 2 unspecified atom stereocenters. The summed E-state index contributed by atoms with van der Waals surface area (Å²) in [6.45, 7) is 4.55. The lowest BCUT2D eigenvalue weighted by Crippen LogP contribution is -2.30. The van der Waals surface area contributed by atoms with Crippen molar-refractivity contribution in [3.8, 4) is 5.88 Å². The fraction of sp³-hybridized carbons (Fsp3) is 0.615. The van der Waals surface area contributed by atoms with E-state index in [4.69, 9.17) is 4.74 Å². The quantitative estimate of drug-likeness (QED) is 0.888. The number of ether oxygens (including phenoxy) is 1. The van der Waals surface area contributed by atoms with Gasteiger partial charge in [-0.3, -0.25) is 0 Å². The summed E-state index contributed by atoms with van der Waals surface area (Å²) < 4.78 is 19.4. The van der Waals surface area contributed by atoms with Gasteiger partial charge < -0.3 is 14.7 Å². The van der Waals surface area contributed by atoms with Gasteiger partial charge in [0.2, 0.25) is 0 Å². The predicted octanol–water partition coefficient (Wildman–Crippen LogP) is 1.53. The number of β-amino-alcohol motifs (C(OH)–C–C–N with tert-alkyl or cyclic N) is 1. The second-order valence-corrected chi connectivity index (χ2v) is 4.91. The number of hydrogen-bond acceptors (Lipinski definition) is 4. The Bertz CT molecular complexity index is 429. The lowest BCUT2D eigenvalue weighted by Gasteiger charge is -2.23. The monoisotopic (exact) mass is 254 g/mol. The average Bonchev–Trinajstić information content (AvgIpc) is 2.57. The molecule has 18 heavy (non-hydrogen) atoms. The molecule has 0 bridgehead atoms. The molecule has 1 fully saturated rings. The normalized spacial score (nSPS) is 28.6. The maximum atomic E-state index is 14.2. The van der Waals surface area contributed by atoms with Gasteiger partial charge in [0.25, 0.3) is 5.88 Å². The molecule has 2 heterocycles. The molecule has 0 amide bonds. The van der Waals surface area contributed by atoms with Crippen LogP contribution in [0.5, 0.6) is 5.88 Å². The minimum atomic E-state index is -1.16. The molecule has 1 aliphatic heterocycles. The first-order chi connectivity index (χ1) is 8.48. The van der Waals surface area contributed by atoms with E-state index in [9.17, 15) is 9.50 Å². The Morgan fingerprint density at radius 3 is 2.94 bits per heavy atom. The number of hydrogen-bond donors (Lipinski definition) is 1. The molecule has 2 atom stereocenters. The Morgan fingerprint density at radius 1 is 1.67 bits per heavy atom. The SMILES string of the molecule is CCOc1nccc(C2(O)CC(C)N(C)C2)c1F. The lowest BCUT2D eigenvalue weighted by molar-refractivity contribution is 0.0440. The van der Waals surface area contributed by atoms with Crippen LogP contribution in [0.2, 0.25) is 0 Å². The highest BCUT2D eigenvalue weighted by molar-refractivity contribution is 5.30. The van der Waals surface area contributed by atoms with Gasteiger partial charge in [-0.1, -0.05) is 0 Å². The zero-order valence-electron chi connectivity index (χ0n) is 11.0. The molecule has 0 aliphatic carbocycles. The Balaban J connectivity index is 2.36. The lowest BCUT2D eigenvalue weighted by atomic mass is 9.92. The first kappa shape index (κ1) is 13.2. The Morgan fingerprint density at radius 2 is 2.39 bits per heavy atom. The molecule has 1 saturated heterocycles. The molecular weight excluding hydrogens is 235 g/mol. The maximum Gasteiger partial charge on any atom is 0.250 e. The zero-order valence-corrected chi connectivity index (χ0v) is 11.0. The second kappa shape index (κ2) is 4.82. The summed E-state index contributed by atoms with van der Waals surface area (Å²) >= 11 is 0. The van der Waals surface area contributed by atoms with Crippen LogP contribution in [0.25, 0.3) is 0 Å². The van der Waals surface area contributed by atoms with E-state index in [2.05, 4.69) is 4.98 Å². The van der Waals surface area contributed by atoms with Gasteiger partial charge in [-0.15, -0.1) is 0 Å². The smallest absolute Gasteiger partial charge is 0.250 e. The highest BCUT2D eigenvalue weighted by atomic mass is 19.1. The second-order valence-electron chi connectivity index (χ2n) is 4.91. The van der Waals surface area contributed by atoms with Crippen LogP contribution in [0.4, 0.5) is 4.39 Å². The number of nitrogens with zero attached hydrogens (tertiary/aromatic N) is 2. The third kappa shape index (κ3) is 2.20. The largest absolute Gasteiger partial charge is 0.476 e. The summed E-state index contributed by atoms with van der Waals surface area (Å²) in [6, 6.07) is 1.75. The van der Waals surface area contributed by atoms with E-state index in [1.807, 2.05) is 18.9 Å². The predicted molar refractivity (Wildman–Crippen MR) is 66.0 cm³/mol. The third-order valence-corrected chi connectivity index (χ3v) is 3.54. The molecule has 0 saturated carbocycles. The third-order valence-electron chi connectivity index (χ3n) is 3.54. The topological polar surface area (TPSA) is 45.6 Å². The molecule has 1 aliphatic rings. The van der Waals surface area contributed by atoms with E-state index < -0.39 is 11.4 Å². The van der Waals surface area contributed by atoms with Crippen molar-refractivity contribution in [3.63, 3.8) is 0 Å². The molecule has 5 heteroatoms. The van der Waals surface area contributed by atoms with Gasteiger partial charge in [0.15, 0.2) is 5.82 Å². The zero-order chi connectivity index (χ0) is 13.3. The summed E-state index contributed by atoms with van der Waals surface area (Å²) in [5.74, 6) is -0.588. The Labute approximate surface area is 106 Å². The standard InChI is InChI=1S/C13H19FN2O2/c1-4-18-12-11(14)10(5-6-15-12)13(17)7-9(2)16(3)8-13/h5-6,9,17H,4,7-8H2,1-3H3. The number of aliphatic hydroxyl groups is 1. The van der Waals surface area contributed by atoms with E-state index in [1.165, 1.54) is 12.3 Å². The fourth-order valence-corrected chi connectivity index (χ4v) is 2.49. The van der Waals surface area contributed by atoms with Gasteiger partial charge >= 0.3 is 0 Å². The van der Waals surface area contributed by atoms with Gasteiger partial charge in [-0.25, -0.2) is 9.37 Å². The Hall–Kier alpha value is -1.20. The van der Waals surface area contributed by atoms with Crippen molar-refractivity contribution < 1.29 is 14.2 Å². The van der Waals surface area contributed by atoms with Gasteiger partial charge in [-0.05, 0) is 33.4 Å². The van der Waals surface area contributed by atoms with Crippen molar-refractivity contribution in [2.24, 2.45) is 0 Å². The Kier molecular flexibility index (Phi) is 3.54.